The number of hydrogen-bond acceptors (Lipinski definition) is 4. The minimum atomic E-state index is -0.102. The molecule has 4 heteroatoms. The van der Waals surface area contributed by atoms with Gasteiger partial charge < -0.3 is 4.90 Å². The predicted octanol–water partition coefficient (Wildman–Crippen LogP) is 4.63. The number of hydrogen-bond donors (Lipinski definition) is 0. The van der Waals surface area contributed by atoms with Gasteiger partial charge in [0.2, 0.25) is 0 Å². The number of nitrogens with zero attached hydrogens (tertiary/aromatic N) is 3. The van der Waals surface area contributed by atoms with Crippen LogP contribution < -0.4 is 0 Å². The van der Waals surface area contributed by atoms with Crippen molar-refractivity contribution in [2.45, 2.75) is 32.7 Å². The van der Waals surface area contributed by atoms with Crippen LogP contribution >= 0.6 is 11.3 Å². The van der Waals surface area contributed by atoms with Crippen molar-refractivity contribution in [1.82, 2.24) is 14.9 Å². The van der Waals surface area contributed by atoms with Crippen LogP contribution in [0.3, 0.4) is 0 Å². The summed E-state index contributed by atoms with van der Waals surface area (Å²) in [6.07, 6.45) is 4.16. The first-order valence-electron chi connectivity index (χ1n) is 7.24. The van der Waals surface area contributed by atoms with Crippen molar-refractivity contribution in [2.75, 3.05) is 7.05 Å². The molecule has 2 heterocycles. The minimum Gasteiger partial charge on any atom is -0.368 e. The fraction of sp³-hybridized carbons (Fsp3) is 0.333. The molecule has 0 unspecified atom stereocenters. The van der Waals surface area contributed by atoms with E-state index in [0.717, 1.165) is 17.8 Å². The molecular weight excluding hydrogens is 290 g/mol. The molecule has 0 fully saturated rings. The van der Waals surface area contributed by atoms with Crippen LogP contribution in [-0.4, -0.2) is 27.5 Å². The van der Waals surface area contributed by atoms with Crippen LogP contribution in [0.5, 0.6) is 0 Å². The average molecular weight is 313 g/mol. The fourth-order valence-corrected chi connectivity index (χ4v) is 3.36. The first kappa shape index (κ1) is 16.4. The van der Waals surface area contributed by atoms with Gasteiger partial charge in [0.15, 0.2) is 0 Å². The van der Waals surface area contributed by atoms with Crippen molar-refractivity contribution >= 4 is 22.6 Å². The van der Waals surface area contributed by atoms with Gasteiger partial charge in [0, 0.05) is 23.7 Å². The Kier molecular flexibility index (Phi) is 4.81. The Labute approximate surface area is 137 Å². The summed E-state index contributed by atoms with van der Waals surface area (Å²) in [5.74, 6) is 0. The number of rotatable bonds is 6. The quantitative estimate of drug-likeness (QED) is 0.778. The molecular formula is C18H23N3S. The number of aryl methyl sites for hydroxylation is 1. The Morgan fingerprint density at radius 1 is 1.32 bits per heavy atom. The summed E-state index contributed by atoms with van der Waals surface area (Å²) in [4.78, 5) is 11.7. The van der Waals surface area contributed by atoms with Gasteiger partial charge in [-0.2, -0.15) is 0 Å². The molecule has 0 aromatic carbocycles. The molecule has 22 heavy (non-hydrogen) atoms. The first-order chi connectivity index (χ1) is 10.3. The second kappa shape index (κ2) is 6.44. The highest BCUT2D eigenvalue weighted by Gasteiger charge is 2.27. The van der Waals surface area contributed by atoms with Crippen molar-refractivity contribution in [3.63, 3.8) is 0 Å². The van der Waals surface area contributed by atoms with Crippen LogP contribution in [0, 0.1) is 6.92 Å². The highest BCUT2D eigenvalue weighted by Crippen LogP contribution is 2.34. The van der Waals surface area contributed by atoms with E-state index in [2.05, 4.69) is 67.3 Å². The van der Waals surface area contributed by atoms with Gasteiger partial charge in [0.05, 0.1) is 11.4 Å². The third-order valence-corrected chi connectivity index (χ3v) is 5.14. The standard InChI is InChI=1S/C18H23N3S/c1-13-8-10-22-17(13)14(2)11-18(4,5)21(6)15(3)16-7-9-19-12-20-16/h7-10,12H,2-3,11H2,1,4-6H3. The Morgan fingerprint density at radius 3 is 2.59 bits per heavy atom. The second-order valence-electron chi connectivity index (χ2n) is 6.13. The smallest absolute Gasteiger partial charge is 0.116 e. The molecule has 0 radical (unpaired) electrons. The lowest BCUT2D eigenvalue weighted by molar-refractivity contribution is 0.246. The summed E-state index contributed by atoms with van der Waals surface area (Å²) >= 11 is 1.75. The molecule has 0 spiro atoms. The summed E-state index contributed by atoms with van der Waals surface area (Å²) < 4.78 is 0. The first-order valence-corrected chi connectivity index (χ1v) is 8.12. The molecule has 0 atom stereocenters. The van der Waals surface area contributed by atoms with Gasteiger partial charge in [-0.1, -0.05) is 13.2 Å². The molecule has 0 amide bonds. The van der Waals surface area contributed by atoms with Crippen molar-refractivity contribution < 1.29 is 0 Å². The van der Waals surface area contributed by atoms with Crippen LogP contribution in [-0.2, 0) is 0 Å². The van der Waals surface area contributed by atoms with Gasteiger partial charge in [-0.25, -0.2) is 9.97 Å². The third-order valence-electron chi connectivity index (χ3n) is 4.02. The molecule has 2 aromatic rings. The van der Waals surface area contributed by atoms with E-state index in [-0.39, 0.29) is 5.54 Å². The Morgan fingerprint density at radius 2 is 2.05 bits per heavy atom. The van der Waals surface area contributed by atoms with E-state index >= 15 is 0 Å². The van der Waals surface area contributed by atoms with E-state index in [1.54, 1.807) is 23.9 Å². The lowest BCUT2D eigenvalue weighted by Crippen LogP contribution is -2.39. The summed E-state index contributed by atoms with van der Waals surface area (Å²) in [6, 6.07) is 4.02. The van der Waals surface area contributed by atoms with Crippen LogP contribution in [0.25, 0.3) is 11.3 Å². The van der Waals surface area contributed by atoms with Crippen molar-refractivity contribution in [2.24, 2.45) is 0 Å². The summed E-state index contributed by atoms with van der Waals surface area (Å²) in [7, 11) is 2.05. The monoisotopic (exact) mass is 313 g/mol. The van der Waals surface area contributed by atoms with Crippen molar-refractivity contribution in [3.8, 4) is 0 Å². The minimum absolute atomic E-state index is 0.102. The zero-order valence-electron chi connectivity index (χ0n) is 13.8. The molecule has 3 nitrogen and oxygen atoms in total. The summed E-state index contributed by atoms with van der Waals surface area (Å²) in [5.41, 5.74) is 4.10. The van der Waals surface area contributed by atoms with E-state index in [1.165, 1.54) is 16.0 Å². The van der Waals surface area contributed by atoms with Crippen LogP contribution in [0.2, 0.25) is 0 Å². The number of thiophene rings is 1. The van der Waals surface area contributed by atoms with E-state index in [4.69, 9.17) is 0 Å². The Hall–Kier alpha value is -1.94. The summed E-state index contributed by atoms with van der Waals surface area (Å²) in [6.45, 7) is 15.0. The molecule has 0 saturated heterocycles. The average Bonchev–Trinajstić information content (AvgIpc) is 2.92. The normalized spacial score (nSPS) is 11.3. The predicted molar refractivity (Wildman–Crippen MR) is 95.6 cm³/mol. The van der Waals surface area contributed by atoms with Crippen LogP contribution in [0.4, 0.5) is 0 Å². The maximum atomic E-state index is 4.29. The van der Waals surface area contributed by atoms with Crippen LogP contribution in [0.15, 0.2) is 43.2 Å². The lowest BCUT2D eigenvalue weighted by Gasteiger charge is -2.39. The molecule has 116 valence electrons. The largest absolute Gasteiger partial charge is 0.368 e. The SMILES string of the molecule is C=C(CC(C)(C)N(C)C(=C)c1ccncn1)c1sccc1C. The van der Waals surface area contributed by atoms with Gasteiger partial charge in [-0.05, 0) is 55.8 Å². The zero-order valence-corrected chi connectivity index (χ0v) is 14.6. The molecule has 0 N–H and O–H groups in total. The van der Waals surface area contributed by atoms with Gasteiger partial charge in [-0.15, -0.1) is 11.3 Å². The topological polar surface area (TPSA) is 29.0 Å². The van der Waals surface area contributed by atoms with Gasteiger partial charge >= 0.3 is 0 Å². The highest BCUT2D eigenvalue weighted by atomic mass is 32.1. The second-order valence-corrected chi connectivity index (χ2v) is 7.04. The molecule has 0 saturated carbocycles. The lowest BCUT2D eigenvalue weighted by atomic mass is 9.91. The van der Waals surface area contributed by atoms with Crippen molar-refractivity contribution in [3.05, 3.63) is 59.3 Å². The summed E-state index contributed by atoms with van der Waals surface area (Å²) in [5, 5.41) is 2.12. The fourth-order valence-electron chi connectivity index (χ4n) is 2.45. The molecule has 0 aliphatic carbocycles. The molecule has 0 aliphatic heterocycles. The molecule has 2 rings (SSSR count). The Balaban J connectivity index is 2.14. The third kappa shape index (κ3) is 3.45. The van der Waals surface area contributed by atoms with Crippen LogP contribution in [0.1, 0.15) is 36.4 Å². The molecule has 0 aliphatic rings. The maximum absolute atomic E-state index is 4.29. The van der Waals surface area contributed by atoms with E-state index in [0.29, 0.717) is 0 Å². The van der Waals surface area contributed by atoms with Crippen molar-refractivity contribution in [1.29, 1.82) is 0 Å². The molecule has 2 aromatic heterocycles. The van der Waals surface area contributed by atoms with E-state index in [1.807, 2.05) is 6.07 Å². The molecule has 0 bridgehead atoms. The van der Waals surface area contributed by atoms with Gasteiger partial charge in [0.25, 0.3) is 0 Å². The van der Waals surface area contributed by atoms with E-state index in [9.17, 15) is 0 Å². The maximum Gasteiger partial charge on any atom is 0.116 e. The zero-order chi connectivity index (χ0) is 16.3. The highest BCUT2D eigenvalue weighted by molar-refractivity contribution is 7.11. The van der Waals surface area contributed by atoms with Gasteiger partial charge in [-0.3, -0.25) is 0 Å². The van der Waals surface area contributed by atoms with E-state index < -0.39 is 0 Å². The number of aromatic nitrogens is 2. The Bertz CT molecular complexity index is 671. The van der Waals surface area contributed by atoms with Gasteiger partial charge in [0.1, 0.15) is 6.33 Å².